The first-order valence-corrected chi connectivity index (χ1v) is 8.99. The topological polar surface area (TPSA) is 23.6 Å². The summed E-state index contributed by atoms with van der Waals surface area (Å²) < 4.78 is 13.0. The highest BCUT2D eigenvalue weighted by atomic mass is 19.1. The molecule has 1 heterocycles. The van der Waals surface area contributed by atoms with E-state index in [4.69, 9.17) is 0 Å². The maximum Gasteiger partial charge on any atom is 0.190 e. The van der Waals surface area contributed by atoms with Crippen molar-refractivity contribution >= 4 is 11.5 Å². The van der Waals surface area contributed by atoms with Crippen molar-refractivity contribution in [3.8, 4) is 0 Å². The average Bonchev–Trinajstić information content (AvgIpc) is 2.64. The molecule has 0 bridgehead atoms. The van der Waals surface area contributed by atoms with Gasteiger partial charge < -0.3 is 9.80 Å². The Morgan fingerprint density at radius 3 is 2.23 bits per heavy atom. The second-order valence-electron chi connectivity index (χ2n) is 6.94. The van der Waals surface area contributed by atoms with E-state index in [1.54, 1.807) is 0 Å². The molecule has 2 aromatic carbocycles. The van der Waals surface area contributed by atoms with Gasteiger partial charge in [-0.15, -0.1) is 0 Å². The van der Waals surface area contributed by atoms with Gasteiger partial charge in [0, 0.05) is 49.2 Å². The Balaban J connectivity index is 1.62. The minimum absolute atomic E-state index is 0.0541. The number of allylic oxidation sites excluding steroid dienone is 1. The lowest BCUT2D eigenvalue weighted by Crippen LogP contribution is -2.44. The van der Waals surface area contributed by atoms with Gasteiger partial charge in [0.25, 0.3) is 0 Å². The highest BCUT2D eigenvalue weighted by Crippen LogP contribution is 2.20. The van der Waals surface area contributed by atoms with Gasteiger partial charge in [-0.05, 0) is 68.3 Å². The number of carbonyl (C=O) groups is 1. The summed E-state index contributed by atoms with van der Waals surface area (Å²) in [6.07, 6.45) is 1.93. The predicted molar refractivity (Wildman–Crippen MR) is 104 cm³/mol. The van der Waals surface area contributed by atoms with E-state index in [-0.39, 0.29) is 11.6 Å². The highest BCUT2D eigenvalue weighted by Gasteiger charge is 2.17. The molecule has 3 rings (SSSR count). The summed E-state index contributed by atoms with van der Waals surface area (Å²) in [7, 11) is 0. The second-order valence-corrected chi connectivity index (χ2v) is 6.94. The van der Waals surface area contributed by atoms with Crippen LogP contribution in [0.2, 0.25) is 0 Å². The van der Waals surface area contributed by atoms with E-state index in [1.807, 2.05) is 13.1 Å². The molecular weight excluding hydrogens is 327 g/mol. The van der Waals surface area contributed by atoms with Crippen molar-refractivity contribution in [2.75, 3.05) is 31.1 Å². The summed E-state index contributed by atoms with van der Waals surface area (Å²) in [5.74, 6) is -0.382. The molecule has 0 aliphatic carbocycles. The predicted octanol–water partition coefficient (Wildman–Crippen LogP) is 4.35. The van der Waals surface area contributed by atoms with Crippen LogP contribution >= 0.6 is 0 Å². The van der Waals surface area contributed by atoms with E-state index in [2.05, 4.69) is 41.8 Å². The average molecular weight is 352 g/mol. The molecule has 3 nitrogen and oxygen atoms in total. The van der Waals surface area contributed by atoms with Crippen LogP contribution in [0.3, 0.4) is 0 Å². The van der Waals surface area contributed by atoms with Crippen molar-refractivity contribution in [2.45, 2.75) is 20.8 Å². The molecule has 0 saturated carbocycles. The van der Waals surface area contributed by atoms with Gasteiger partial charge in [0.1, 0.15) is 5.82 Å². The second kappa shape index (κ2) is 7.73. The number of rotatable bonds is 4. The Kier molecular flexibility index (Phi) is 5.40. The van der Waals surface area contributed by atoms with Gasteiger partial charge in [-0.1, -0.05) is 6.07 Å². The van der Waals surface area contributed by atoms with Crippen LogP contribution in [-0.2, 0) is 0 Å². The van der Waals surface area contributed by atoms with E-state index >= 15 is 0 Å². The van der Waals surface area contributed by atoms with Crippen LogP contribution in [0.15, 0.2) is 54.2 Å². The molecule has 1 aliphatic heterocycles. The smallest absolute Gasteiger partial charge is 0.190 e. The minimum atomic E-state index is -0.328. The SMILES string of the molecule is C/C(=C/N1CCN(c2ccc(C)c(C)c2)CC1)C(=O)c1ccc(F)cc1. The van der Waals surface area contributed by atoms with Gasteiger partial charge in [0.2, 0.25) is 0 Å². The molecule has 4 heteroatoms. The zero-order valence-electron chi connectivity index (χ0n) is 15.6. The zero-order chi connectivity index (χ0) is 18.7. The molecule has 0 spiro atoms. The Labute approximate surface area is 154 Å². The fraction of sp³-hybridized carbons (Fsp3) is 0.318. The van der Waals surface area contributed by atoms with Crippen molar-refractivity contribution in [1.82, 2.24) is 4.90 Å². The Morgan fingerprint density at radius 1 is 0.962 bits per heavy atom. The van der Waals surface area contributed by atoms with Crippen LogP contribution in [-0.4, -0.2) is 36.9 Å². The van der Waals surface area contributed by atoms with Crippen molar-refractivity contribution in [3.05, 3.63) is 76.7 Å². The normalized spacial score (nSPS) is 15.3. The monoisotopic (exact) mass is 352 g/mol. The number of nitrogens with zero attached hydrogens (tertiary/aromatic N) is 2. The van der Waals surface area contributed by atoms with Crippen molar-refractivity contribution in [2.24, 2.45) is 0 Å². The standard InChI is InChI=1S/C22H25FN2O/c1-16-4-9-21(14-17(16)2)25-12-10-24(11-13-25)15-18(3)22(26)19-5-7-20(23)8-6-19/h4-9,14-15H,10-13H2,1-3H3/b18-15-. The molecule has 1 saturated heterocycles. The Hall–Kier alpha value is -2.62. The summed E-state index contributed by atoms with van der Waals surface area (Å²) in [5.41, 5.74) is 5.08. The lowest BCUT2D eigenvalue weighted by molar-refractivity contribution is 0.103. The molecule has 1 aliphatic rings. The molecule has 0 radical (unpaired) electrons. The maximum atomic E-state index is 13.0. The fourth-order valence-electron chi connectivity index (χ4n) is 3.19. The van der Waals surface area contributed by atoms with Crippen LogP contribution in [0.5, 0.6) is 0 Å². The highest BCUT2D eigenvalue weighted by molar-refractivity contribution is 6.08. The maximum absolute atomic E-state index is 13.0. The van der Waals surface area contributed by atoms with Gasteiger partial charge >= 0.3 is 0 Å². The summed E-state index contributed by atoms with van der Waals surface area (Å²) in [5, 5.41) is 0. The number of piperazine rings is 1. The van der Waals surface area contributed by atoms with Crippen molar-refractivity contribution < 1.29 is 9.18 Å². The summed E-state index contributed by atoms with van der Waals surface area (Å²) >= 11 is 0. The molecule has 1 fully saturated rings. The molecule has 0 N–H and O–H groups in total. The molecular formula is C22H25FN2O. The lowest BCUT2D eigenvalue weighted by Gasteiger charge is -2.36. The van der Waals surface area contributed by atoms with Crippen molar-refractivity contribution in [1.29, 1.82) is 0 Å². The molecule has 26 heavy (non-hydrogen) atoms. The number of anilines is 1. The Morgan fingerprint density at radius 2 is 1.62 bits per heavy atom. The van der Waals surface area contributed by atoms with Crippen LogP contribution in [0.4, 0.5) is 10.1 Å². The zero-order valence-corrected chi connectivity index (χ0v) is 15.6. The van der Waals surface area contributed by atoms with Crippen LogP contribution in [0.25, 0.3) is 0 Å². The van der Waals surface area contributed by atoms with Crippen LogP contribution < -0.4 is 4.90 Å². The number of benzene rings is 2. The molecule has 0 atom stereocenters. The molecule has 136 valence electrons. The number of hydrogen-bond donors (Lipinski definition) is 0. The molecule has 0 amide bonds. The largest absolute Gasteiger partial charge is 0.373 e. The number of carbonyl (C=O) groups excluding carboxylic acids is 1. The van der Waals surface area contributed by atoms with E-state index in [0.29, 0.717) is 11.1 Å². The number of Topliss-reactive ketones (excluding diaryl/α,β-unsaturated/α-hetero) is 1. The van der Waals surface area contributed by atoms with E-state index in [1.165, 1.54) is 41.1 Å². The van der Waals surface area contributed by atoms with Crippen molar-refractivity contribution in [3.63, 3.8) is 0 Å². The van der Waals surface area contributed by atoms with E-state index in [9.17, 15) is 9.18 Å². The first-order valence-electron chi connectivity index (χ1n) is 8.99. The first-order chi connectivity index (χ1) is 12.4. The third kappa shape index (κ3) is 4.13. The van der Waals surface area contributed by atoms with Gasteiger partial charge in [-0.25, -0.2) is 4.39 Å². The van der Waals surface area contributed by atoms with E-state index < -0.39 is 0 Å². The first kappa shape index (κ1) is 18.2. The Bertz CT molecular complexity index is 819. The summed E-state index contributed by atoms with van der Waals surface area (Å²) in [6.45, 7) is 9.70. The minimum Gasteiger partial charge on any atom is -0.373 e. The number of aryl methyl sites for hydroxylation is 2. The lowest BCUT2D eigenvalue weighted by atomic mass is 10.1. The van der Waals surface area contributed by atoms with Gasteiger partial charge in [0.15, 0.2) is 5.78 Å². The van der Waals surface area contributed by atoms with E-state index in [0.717, 1.165) is 26.2 Å². The third-order valence-corrected chi connectivity index (χ3v) is 5.01. The quantitative estimate of drug-likeness (QED) is 0.604. The number of hydrogen-bond acceptors (Lipinski definition) is 3. The van der Waals surface area contributed by atoms with Gasteiger partial charge in [-0.2, -0.15) is 0 Å². The molecule has 0 unspecified atom stereocenters. The number of ketones is 1. The summed E-state index contributed by atoms with van der Waals surface area (Å²) in [6, 6.07) is 12.3. The molecule has 0 aromatic heterocycles. The van der Waals surface area contributed by atoms with Gasteiger partial charge in [-0.3, -0.25) is 4.79 Å². The third-order valence-electron chi connectivity index (χ3n) is 5.01. The van der Waals surface area contributed by atoms with Gasteiger partial charge in [0.05, 0.1) is 0 Å². The summed E-state index contributed by atoms with van der Waals surface area (Å²) in [4.78, 5) is 17.0. The molecule has 2 aromatic rings. The van der Waals surface area contributed by atoms with Crippen LogP contribution in [0.1, 0.15) is 28.4 Å². The number of halogens is 1. The fourth-order valence-corrected chi connectivity index (χ4v) is 3.19. The van der Waals surface area contributed by atoms with Crippen LogP contribution in [0, 0.1) is 19.7 Å².